The van der Waals surface area contributed by atoms with Crippen molar-refractivity contribution in [3.63, 3.8) is 0 Å². The standard InChI is InChI=1S/C16H23F3NO8P/c1-4-25-14(21)9-11(10-20(22)23)15(29(24,26-5-2)27-6-3)12-7-8-13(28-12)16(17,18)19/h7-8,11,15H,4-6,9-10H2,1-3H3. The molecule has 2 unspecified atom stereocenters. The molecule has 0 N–H and O–H groups in total. The molecule has 0 amide bonds. The molecule has 0 radical (unpaired) electrons. The lowest BCUT2D eigenvalue weighted by Crippen LogP contribution is -2.26. The van der Waals surface area contributed by atoms with E-state index < -0.39 is 60.7 Å². The summed E-state index contributed by atoms with van der Waals surface area (Å²) < 4.78 is 72.3. The second-order valence-corrected chi connectivity index (χ2v) is 7.96. The van der Waals surface area contributed by atoms with Crippen LogP contribution in [0.15, 0.2) is 16.5 Å². The maximum absolute atomic E-state index is 13.4. The van der Waals surface area contributed by atoms with Crippen LogP contribution in [0.5, 0.6) is 0 Å². The van der Waals surface area contributed by atoms with Gasteiger partial charge in [-0.15, -0.1) is 0 Å². The molecular weight excluding hydrogens is 422 g/mol. The number of ether oxygens (including phenoxy) is 1. The molecule has 9 nitrogen and oxygen atoms in total. The third-order valence-corrected chi connectivity index (χ3v) is 6.31. The fraction of sp³-hybridized carbons (Fsp3) is 0.688. The molecule has 0 bridgehead atoms. The van der Waals surface area contributed by atoms with Crippen molar-refractivity contribution in [2.75, 3.05) is 26.4 Å². The molecule has 1 heterocycles. The van der Waals surface area contributed by atoms with Gasteiger partial charge in [-0.3, -0.25) is 19.5 Å². The van der Waals surface area contributed by atoms with Crippen molar-refractivity contribution < 1.29 is 45.7 Å². The Balaban J connectivity index is 3.52. The van der Waals surface area contributed by atoms with Gasteiger partial charge in [-0.2, -0.15) is 13.2 Å². The van der Waals surface area contributed by atoms with Crippen LogP contribution >= 0.6 is 7.60 Å². The number of hydrogen-bond donors (Lipinski definition) is 0. The number of esters is 1. The number of nitrogens with zero attached hydrogens (tertiary/aromatic N) is 1. The third kappa shape index (κ3) is 7.13. The Morgan fingerprint density at radius 3 is 2.21 bits per heavy atom. The maximum atomic E-state index is 13.4. The molecule has 1 rings (SSSR count). The highest BCUT2D eigenvalue weighted by Crippen LogP contribution is 2.64. The van der Waals surface area contributed by atoms with Gasteiger partial charge in [0, 0.05) is 4.92 Å². The van der Waals surface area contributed by atoms with Gasteiger partial charge in [-0.25, -0.2) is 0 Å². The minimum absolute atomic E-state index is 0.0117. The predicted molar refractivity (Wildman–Crippen MR) is 93.9 cm³/mol. The molecular formula is C16H23F3NO8P. The summed E-state index contributed by atoms with van der Waals surface area (Å²) in [5.41, 5.74) is -1.62. The molecule has 0 aromatic carbocycles. The van der Waals surface area contributed by atoms with Gasteiger partial charge >= 0.3 is 19.7 Å². The topological polar surface area (TPSA) is 118 Å². The van der Waals surface area contributed by atoms with E-state index in [0.717, 1.165) is 6.07 Å². The van der Waals surface area contributed by atoms with Crippen LogP contribution in [0.1, 0.15) is 44.4 Å². The molecule has 0 aliphatic carbocycles. The second kappa shape index (κ2) is 10.7. The van der Waals surface area contributed by atoms with Crippen LogP contribution < -0.4 is 0 Å². The van der Waals surface area contributed by atoms with Crippen LogP contribution in [0.2, 0.25) is 0 Å². The first kappa shape index (κ1) is 25.1. The number of furan rings is 1. The number of nitro groups is 1. The highest BCUT2D eigenvalue weighted by Gasteiger charge is 2.48. The number of carbonyl (C=O) groups is 1. The molecule has 166 valence electrons. The summed E-state index contributed by atoms with van der Waals surface area (Å²) in [6.07, 6.45) is -5.42. The number of alkyl halides is 3. The Morgan fingerprint density at radius 1 is 1.21 bits per heavy atom. The van der Waals surface area contributed by atoms with Gasteiger partial charge in [0.15, 0.2) is 0 Å². The fourth-order valence-electron chi connectivity index (χ4n) is 2.77. The first-order chi connectivity index (χ1) is 13.5. The van der Waals surface area contributed by atoms with E-state index in [-0.39, 0.29) is 19.8 Å². The van der Waals surface area contributed by atoms with E-state index in [2.05, 4.69) is 0 Å². The summed E-state index contributed by atoms with van der Waals surface area (Å²) >= 11 is 0. The molecule has 0 aliphatic rings. The average Bonchev–Trinajstić information content (AvgIpc) is 3.04. The van der Waals surface area contributed by atoms with Crippen LogP contribution in [0, 0.1) is 16.0 Å². The summed E-state index contributed by atoms with van der Waals surface area (Å²) in [4.78, 5) is 22.3. The van der Waals surface area contributed by atoms with Crippen LogP contribution in [0.4, 0.5) is 13.2 Å². The maximum Gasteiger partial charge on any atom is 0.449 e. The fourth-order valence-corrected chi connectivity index (χ4v) is 5.05. The van der Waals surface area contributed by atoms with Gasteiger partial charge in [-0.05, 0) is 32.9 Å². The summed E-state index contributed by atoms with van der Waals surface area (Å²) in [6, 6.07) is 1.51. The minimum Gasteiger partial charge on any atom is -0.466 e. The van der Waals surface area contributed by atoms with Crippen molar-refractivity contribution >= 4 is 13.6 Å². The Kier molecular flexibility index (Phi) is 9.31. The lowest BCUT2D eigenvalue weighted by Gasteiger charge is -2.29. The van der Waals surface area contributed by atoms with Gasteiger partial charge in [0.1, 0.15) is 11.4 Å². The zero-order valence-corrected chi connectivity index (χ0v) is 17.0. The largest absolute Gasteiger partial charge is 0.466 e. The predicted octanol–water partition coefficient (Wildman–Crippen LogP) is 4.45. The Labute approximate surface area is 165 Å². The van der Waals surface area contributed by atoms with E-state index in [0.29, 0.717) is 6.07 Å². The van der Waals surface area contributed by atoms with E-state index in [1.54, 1.807) is 0 Å². The number of hydrogen-bond acceptors (Lipinski definition) is 8. The van der Waals surface area contributed by atoms with E-state index >= 15 is 0 Å². The first-order valence-electron chi connectivity index (χ1n) is 8.81. The van der Waals surface area contributed by atoms with Gasteiger partial charge in [0.25, 0.3) is 0 Å². The summed E-state index contributed by atoms with van der Waals surface area (Å²) in [7, 11) is -4.25. The van der Waals surface area contributed by atoms with Crippen molar-refractivity contribution in [2.24, 2.45) is 5.92 Å². The van der Waals surface area contributed by atoms with E-state index in [1.165, 1.54) is 20.8 Å². The van der Waals surface area contributed by atoms with E-state index in [4.69, 9.17) is 18.2 Å². The normalized spacial score (nSPS) is 14.4. The Morgan fingerprint density at radius 2 is 1.79 bits per heavy atom. The molecule has 0 spiro atoms. The Bertz CT molecular complexity index is 726. The monoisotopic (exact) mass is 445 g/mol. The van der Waals surface area contributed by atoms with Gasteiger partial charge < -0.3 is 18.2 Å². The lowest BCUT2D eigenvalue weighted by atomic mass is 9.99. The molecule has 1 aromatic heterocycles. The van der Waals surface area contributed by atoms with Crippen molar-refractivity contribution in [2.45, 2.75) is 39.0 Å². The summed E-state index contributed by atoms with van der Waals surface area (Å²) in [5, 5.41) is 11.2. The molecule has 13 heteroatoms. The SMILES string of the molecule is CCOC(=O)CC(C[N+](=O)[O-])C(c1ccc(C(F)(F)F)o1)P(=O)(OCC)OCC. The third-order valence-electron chi connectivity index (χ3n) is 3.72. The van der Waals surface area contributed by atoms with Crippen LogP contribution in [-0.2, 0) is 29.3 Å². The molecule has 29 heavy (non-hydrogen) atoms. The number of halogens is 3. The lowest BCUT2D eigenvalue weighted by molar-refractivity contribution is -0.488. The van der Waals surface area contributed by atoms with E-state index in [9.17, 15) is 32.6 Å². The summed E-state index contributed by atoms with van der Waals surface area (Å²) in [6.45, 7) is 3.26. The highest BCUT2D eigenvalue weighted by atomic mass is 31.2. The number of rotatable bonds is 12. The second-order valence-electron chi connectivity index (χ2n) is 5.80. The van der Waals surface area contributed by atoms with Crippen LogP contribution in [-0.4, -0.2) is 37.3 Å². The molecule has 0 aliphatic heterocycles. The minimum atomic E-state index is -4.83. The van der Waals surface area contributed by atoms with Crippen LogP contribution in [0.25, 0.3) is 0 Å². The quantitative estimate of drug-likeness (QED) is 0.200. The Hall–Kier alpha value is -1.91. The van der Waals surface area contributed by atoms with Crippen molar-refractivity contribution in [1.82, 2.24) is 0 Å². The van der Waals surface area contributed by atoms with Gasteiger partial charge in [0.2, 0.25) is 12.3 Å². The van der Waals surface area contributed by atoms with Crippen LogP contribution in [0.3, 0.4) is 0 Å². The number of carbonyl (C=O) groups excluding carboxylic acids is 1. The molecule has 0 fully saturated rings. The van der Waals surface area contributed by atoms with Crippen molar-refractivity contribution in [3.05, 3.63) is 33.8 Å². The first-order valence-corrected chi connectivity index (χ1v) is 10.4. The smallest absolute Gasteiger partial charge is 0.449 e. The summed E-state index contributed by atoms with van der Waals surface area (Å²) in [5.74, 6) is -4.07. The van der Waals surface area contributed by atoms with Crippen molar-refractivity contribution in [3.8, 4) is 0 Å². The average molecular weight is 445 g/mol. The zero-order chi connectivity index (χ0) is 22.2. The van der Waals surface area contributed by atoms with Gasteiger partial charge in [0.05, 0.1) is 32.2 Å². The van der Waals surface area contributed by atoms with E-state index in [1.807, 2.05) is 0 Å². The van der Waals surface area contributed by atoms with Gasteiger partial charge in [-0.1, -0.05) is 0 Å². The molecule has 0 saturated heterocycles. The zero-order valence-electron chi connectivity index (χ0n) is 16.1. The van der Waals surface area contributed by atoms with Crippen molar-refractivity contribution in [1.29, 1.82) is 0 Å². The molecule has 2 atom stereocenters. The highest BCUT2D eigenvalue weighted by molar-refractivity contribution is 7.54. The molecule has 1 aromatic rings. The molecule has 0 saturated carbocycles.